The summed E-state index contributed by atoms with van der Waals surface area (Å²) in [7, 11) is 0. The Kier molecular flexibility index (Phi) is 4.68. The van der Waals surface area contributed by atoms with E-state index in [1.807, 2.05) is 17.4 Å². The topological polar surface area (TPSA) is 46.3 Å². The van der Waals surface area contributed by atoms with E-state index in [2.05, 4.69) is 32.2 Å². The fourth-order valence-corrected chi connectivity index (χ4v) is 4.41. The molecule has 0 amide bonds. The van der Waals surface area contributed by atoms with Gasteiger partial charge >= 0.3 is 0 Å². The monoisotopic (exact) mass is 409 g/mol. The van der Waals surface area contributed by atoms with E-state index in [4.69, 9.17) is 11.6 Å². The maximum absolute atomic E-state index is 14.6. The number of halogens is 2. The summed E-state index contributed by atoms with van der Waals surface area (Å²) in [6.07, 6.45) is 3.81. The lowest BCUT2D eigenvalue weighted by atomic mass is 10.1. The second-order valence-electron chi connectivity index (χ2n) is 7.64. The summed E-state index contributed by atoms with van der Waals surface area (Å²) in [6.45, 7) is 5.03. The van der Waals surface area contributed by atoms with E-state index in [9.17, 15) is 4.39 Å². The van der Waals surface area contributed by atoms with Gasteiger partial charge in [-0.3, -0.25) is 9.30 Å². The summed E-state index contributed by atoms with van der Waals surface area (Å²) < 4.78 is 16.5. The van der Waals surface area contributed by atoms with Gasteiger partial charge in [0.1, 0.15) is 5.82 Å². The first-order valence-corrected chi connectivity index (χ1v) is 10.3. The van der Waals surface area contributed by atoms with E-state index >= 15 is 0 Å². The summed E-state index contributed by atoms with van der Waals surface area (Å²) >= 11 is 6.33. The number of likely N-dealkylation sites (tertiary alicyclic amines) is 1. The van der Waals surface area contributed by atoms with E-state index < -0.39 is 5.82 Å². The first kappa shape index (κ1) is 18.5. The van der Waals surface area contributed by atoms with Gasteiger partial charge in [0.25, 0.3) is 0 Å². The van der Waals surface area contributed by atoms with Crippen LogP contribution in [-0.4, -0.2) is 37.6 Å². The molecule has 29 heavy (non-hydrogen) atoms. The smallest absolute Gasteiger partial charge is 0.183 e. The fraction of sp³-hybridized carbons (Fsp3) is 0.318. The molecule has 1 fully saturated rings. The van der Waals surface area contributed by atoms with Gasteiger partial charge < -0.3 is 0 Å². The Labute approximate surface area is 173 Å². The summed E-state index contributed by atoms with van der Waals surface area (Å²) in [4.78, 5) is 7.16. The van der Waals surface area contributed by atoms with Gasteiger partial charge in [-0.1, -0.05) is 30.2 Å². The van der Waals surface area contributed by atoms with Gasteiger partial charge in [0.05, 0.1) is 27.3 Å². The average molecular weight is 410 g/mol. The first-order valence-electron chi connectivity index (χ1n) is 9.93. The van der Waals surface area contributed by atoms with Crippen molar-refractivity contribution in [2.75, 3.05) is 13.1 Å². The Morgan fingerprint density at radius 3 is 2.69 bits per heavy atom. The van der Waals surface area contributed by atoms with Crippen LogP contribution in [0.2, 0.25) is 5.02 Å². The van der Waals surface area contributed by atoms with Crippen molar-refractivity contribution in [1.82, 2.24) is 24.5 Å². The Morgan fingerprint density at radius 2 is 1.90 bits per heavy atom. The third-order valence-electron chi connectivity index (χ3n) is 5.60. The standard InChI is InChI=1S/C22H21ClFN5/c1-14-21-26-27-22(20-16(23)6-5-7-17(20)24)29(21)19-12-15(8-9-18(19)25-14)13-28-10-3-2-4-11-28/h5-9,12H,2-4,10-11,13H2,1H3. The lowest BCUT2D eigenvalue weighted by molar-refractivity contribution is 0.221. The number of hydrogen-bond acceptors (Lipinski definition) is 4. The minimum atomic E-state index is -0.418. The lowest BCUT2D eigenvalue weighted by Gasteiger charge is -2.26. The number of fused-ring (bicyclic) bond motifs is 3. The van der Waals surface area contributed by atoms with Crippen LogP contribution in [0.3, 0.4) is 0 Å². The minimum Gasteiger partial charge on any atom is -0.299 e. The highest BCUT2D eigenvalue weighted by Gasteiger charge is 2.20. The molecule has 0 N–H and O–H groups in total. The molecule has 0 saturated carbocycles. The predicted octanol–water partition coefficient (Wildman–Crippen LogP) is 5.03. The molecule has 2 aromatic heterocycles. The number of hydrogen-bond donors (Lipinski definition) is 0. The molecule has 5 rings (SSSR count). The largest absolute Gasteiger partial charge is 0.299 e. The summed E-state index contributed by atoms with van der Waals surface area (Å²) in [5.41, 5.74) is 4.50. The Balaban J connectivity index is 1.71. The molecule has 0 atom stereocenters. The number of rotatable bonds is 3. The zero-order valence-corrected chi connectivity index (χ0v) is 17.0. The highest BCUT2D eigenvalue weighted by atomic mass is 35.5. The zero-order chi connectivity index (χ0) is 20.0. The van der Waals surface area contributed by atoms with E-state index in [-0.39, 0.29) is 5.56 Å². The SMILES string of the molecule is Cc1nc2ccc(CN3CCCCC3)cc2n2c(-c3c(F)cccc3Cl)nnc12. The van der Waals surface area contributed by atoms with Crippen LogP contribution in [0.15, 0.2) is 36.4 Å². The molecular weight excluding hydrogens is 389 g/mol. The third kappa shape index (κ3) is 3.26. The molecule has 148 valence electrons. The zero-order valence-electron chi connectivity index (χ0n) is 16.2. The molecule has 0 spiro atoms. The van der Waals surface area contributed by atoms with E-state index in [0.29, 0.717) is 16.5 Å². The maximum Gasteiger partial charge on any atom is 0.183 e. The van der Waals surface area contributed by atoms with E-state index in [1.54, 1.807) is 12.1 Å². The van der Waals surface area contributed by atoms with Crippen LogP contribution in [0.4, 0.5) is 4.39 Å². The van der Waals surface area contributed by atoms with Crippen molar-refractivity contribution in [2.24, 2.45) is 0 Å². The molecule has 0 bridgehead atoms. The molecule has 0 unspecified atom stereocenters. The van der Waals surface area contributed by atoms with Gasteiger partial charge in [0.2, 0.25) is 0 Å². The minimum absolute atomic E-state index is 0.259. The van der Waals surface area contributed by atoms with Crippen molar-refractivity contribution < 1.29 is 4.39 Å². The highest BCUT2D eigenvalue weighted by molar-refractivity contribution is 6.33. The normalized spacial score (nSPS) is 15.4. The number of nitrogens with zero attached hydrogens (tertiary/aromatic N) is 5. The Hall–Kier alpha value is -2.57. The molecule has 2 aromatic carbocycles. The van der Waals surface area contributed by atoms with Crippen molar-refractivity contribution in [2.45, 2.75) is 32.7 Å². The van der Waals surface area contributed by atoms with Gasteiger partial charge in [-0.05, 0) is 62.7 Å². The Morgan fingerprint density at radius 1 is 1.07 bits per heavy atom. The van der Waals surface area contributed by atoms with E-state index in [1.165, 1.54) is 30.9 Å². The number of aromatic nitrogens is 4. The molecular formula is C22H21ClFN5. The third-order valence-corrected chi connectivity index (χ3v) is 5.91. The van der Waals surface area contributed by atoms with Gasteiger partial charge in [-0.2, -0.15) is 0 Å². The molecule has 1 saturated heterocycles. The summed E-state index contributed by atoms with van der Waals surface area (Å²) in [5.74, 6) is -0.0207. The second kappa shape index (κ2) is 7.35. The van der Waals surface area contributed by atoms with Crippen molar-refractivity contribution >= 4 is 28.3 Å². The van der Waals surface area contributed by atoms with E-state index in [0.717, 1.165) is 36.4 Å². The number of piperidine rings is 1. The van der Waals surface area contributed by atoms with Gasteiger partial charge in [0, 0.05) is 6.54 Å². The predicted molar refractivity (Wildman–Crippen MR) is 113 cm³/mol. The molecule has 0 radical (unpaired) electrons. The summed E-state index contributed by atoms with van der Waals surface area (Å²) in [5, 5.41) is 8.88. The second-order valence-corrected chi connectivity index (χ2v) is 8.04. The first-order chi connectivity index (χ1) is 14.1. The van der Waals surface area contributed by atoms with Crippen molar-refractivity contribution in [1.29, 1.82) is 0 Å². The van der Waals surface area contributed by atoms with Gasteiger partial charge in [-0.15, -0.1) is 10.2 Å². The van der Waals surface area contributed by atoms with Crippen LogP contribution in [-0.2, 0) is 6.54 Å². The maximum atomic E-state index is 14.6. The van der Waals surface area contributed by atoms with Crippen LogP contribution in [0.5, 0.6) is 0 Å². The highest BCUT2D eigenvalue weighted by Crippen LogP contribution is 2.32. The molecule has 7 heteroatoms. The van der Waals surface area contributed by atoms with Crippen LogP contribution >= 0.6 is 11.6 Å². The quantitative estimate of drug-likeness (QED) is 0.476. The molecule has 1 aliphatic heterocycles. The molecule has 0 aliphatic carbocycles. The number of aryl methyl sites for hydroxylation is 1. The van der Waals surface area contributed by atoms with Crippen LogP contribution in [0.25, 0.3) is 28.1 Å². The van der Waals surface area contributed by atoms with Gasteiger partial charge in [0.15, 0.2) is 11.5 Å². The van der Waals surface area contributed by atoms with Crippen LogP contribution in [0.1, 0.15) is 30.5 Å². The van der Waals surface area contributed by atoms with Gasteiger partial charge in [-0.25, -0.2) is 9.37 Å². The molecule has 3 heterocycles. The van der Waals surface area contributed by atoms with Crippen molar-refractivity contribution in [3.8, 4) is 11.4 Å². The molecule has 1 aliphatic rings. The van der Waals surface area contributed by atoms with Crippen molar-refractivity contribution in [3.63, 3.8) is 0 Å². The lowest BCUT2D eigenvalue weighted by Crippen LogP contribution is -2.29. The van der Waals surface area contributed by atoms with Crippen LogP contribution < -0.4 is 0 Å². The Bertz CT molecular complexity index is 1190. The summed E-state index contributed by atoms with van der Waals surface area (Å²) in [6, 6.07) is 10.9. The van der Waals surface area contributed by atoms with Crippen LogP contribution in [0, 0.1) is 12.7 Å². The molecule has 4 aromatic rings. The van der Waals surface area contributed by atoms with Crippen molar-refractivity contribution in [3.05, 3.63) is 58.5 Å². The number of benzene rings is 2. The fourth-order valence-electron chi connectivity index (χ4n) is 4.17. The average Bonchev–Trinajstić information content (AvgIpc) is 3.15. The molecule has 5 nitrogen and oxygen atoms in total.